The highest BCUT2D eigenvalue weighted by molar-refractivity contribution is 7.99. The molecule has 2 rings (SSSR count). The van der Waals surface area contributed by atoms with Crippen molar-refractivity contribution in [1.82, 2.24) is 5.32 Å². The minimum atomic E-state index is -0.862. The summed E-state index contributed by atoms with van der Waals surface area (Å²) in [6, 6.07) is 4.10. The van der Waals surface area contributed by atoms with Crippen LogP contribution in [-0.4, -0.2) is 35.7 Å². The van der Waals surface area contributed by atoms with Crippen LogP contribution in [0.15, 0.2) is 18.2 Å². The summed E-state index contributed by atoms with van der Waals surface area (Å²) >= 11 is 1.67. The Hall–Kier alpha value is -1.14. The van der Waals surface area contributed by atoms with E-state index in [0.29, 0.717) is 18.5 Å². The third-order valence-electron chi connectivity index (χ3n) is 3.50. The van der Waals surface area contributed by atoms with Crippen LogP contribution in [0, 0.1) is 17.6 Å². The first kappa shape index (κ1) is 16.2. The molecule has 1 aromatic carbocycles. The molecule has 1 fully saturated rings. The first-order valence-corrected chi connectivity index (χ1v) is 8.21. The number of nitrogens with one attached hydrogen (secondary N) is 1. The van der Waals surface area contributed by atoms with Crippen molar-refractivity contribution < 1.29 is 18.7 Å². The summed E-state index contributed by atoms with van der Waals surface area (Å²) in [6.07, 6.45) is 1.33. The fraction of sp³-hybridized carbons (Fsp3) is 0.533. The van der Waals surface area contributed by atoms with E-state index in [1.165, 1.54) is 6.07 Å². The van der Waals surface area contributed by atoms with Gasteiger partial charge in [0.15, 0.2) is 11.6 Å². The van der Waals surface area contributed by atoms with Gasteiger partial charge in [0.05, 0.1) is 0 Å². The van der Waals surface area contributed by atoms with Crippen molar-refractivity contribution in [1.29, 1.82) is 0 Å². The summed E-state index contributed by atoms with van der Waals surface area (Å²) in [4.78, 5) is 11.9. The van der Waals surface area contributed by atoms with E-state index in [9.17, 15) is 13.6 Å². The molecule has 0 saturated heterocycles. The second-order valence-electron chi connectivity index (χ2n) is 5.07. The van der Waals surface area contributed by atoms with E-state index < -0.39 is 11.6 Å². The van der Waals surface area contributed by atoms with Crippen molar-refractivity contribution in [2.45, 2.75) is 18.8 Å². The van der Waals surface area contributed by atoms with Gasteiger partial charge in [0, 0.05) is 24.8 Å². The first-order valence-electron chi connectivity index (χ1n) is 7.05. The maximum atomic E-state index is 13.6. The quantitative estimate of drug-likeness (QED) is 0.724. The van der Waals surface area contributed by atoms with Gasteiger partial charge in [0.25, 0.3) is 0 Å². The highest BCUT2D eigenvalue weighted by atomic mass is 32.2. The third kappa shape index (κ3) is 4.41. The summed E-state index contributed by atoms with van der Waals surface area (Å²) in [5.74, 6) is -0.584. The molecule has 0 aromatic heterocycles. The van der Waals surface area contributed by atoms with E-state index in [0.717, 1.165) is 24.0 Å². The number of aliphatic hydroxyl groups is 1. The summed E-state index contributed by atoms with van der Waals surface area (Å²) in [5.41, 5.74) is 0.299. The van der Waals surface area contributed by atoms with Gasteiger partial charge < -0.3 is 10.4 Å². The second kappa shape index (κ2) is 7.75. The number of thioether (sulfide) groups is 1. The summed E-state index contributed by atoms with van der Waals surface area (Å²) < 4.78 is 26.8. The number of halogens is 2. The molecule has 1 aromatic rings. The van der Waals surface area contributed by atoms with Gasteiger partial charge in [-0.25, -0.2) is 8.78 Å². The predicted octanol–water partition coefficient (Wildman–Crippen LogP) is 2.30. The van der Waals surface area contributed by atoms with Gasteiger partial charge in [-0.1, -0.05) is 12.1 Å². The standard InChI is InChI=1S/C15H19F2NO2S/c16-13-4-1-3-10(14(13)17)11-9-12(11)15(20)18-5-8-21-7-2-6-19/h1,3-4,11-12,19H,2,5-9H2,(H,18,20). The molecule has 1 aliphatic rings. The zero-order chi connectivity index (χ0) is 15.2. The molecule has 1 amide bonds. The van der Waals surface area contributed by atoms with E-state index in [1.54, 1.807) is 17.8 Å². The van der Waals surface area contributed by atoms with Gasteiger partial charge in [0.2, 0.25) is 5.91 Å². The van der Waals surface area contributed by atoms with Crippen molar-refractivity contribution in [3.8, 4) is 0 Å². The van der Waals surface area contributed by atoms with Gasteiger partial charge in [0.1, 0.15) is 0 Å². The molecule has 6 heteroatoms. The fourth-order valence-corrected chi connectivity index (χ4v) is 3.07. The number of carbonyl (C=O) groups is 1. The Morgan fingerprint density at radius 2 is 2.19 bits per heavy atom. The molecule has 0 spiro atoms. The lowest BCUT2D eigenvalue weighted by atomic mass is 10.1. The minimum Gasteiger partial charge on any atom is -0.396 e. The van der Waals surface area contributed by atoms with Crippen molar-refractivity contribution in [2.75, 3.05) is 24.7 Å². The average molecular weight is 315 g/mol. The van der Waals surface area contributed by atoms with E-state index in [-0.39, 0.29) is 24.3 Å². The lowest BCUT2D eigenvalue weighted by Gasteiger charge is -2.06. The van der Waals surface area contributed by atoms with Gasteiger partial charge >= 0.3 is 0 Å². The molecule has 3 nitrogen and oxygen atoms in total. The topological polar surface area (TPSA) is 49.3 Å². The highest BCUT2D eigenvalue weighted by Crippen LogP contribution is 2.48. The Morgan fingerprint density at radius 1 is 1.38 bits per heavy atom. The lowest BCUT2D eigenvalue weighted by Crippen LogP contribution is -2.27. The molecule has 1 aliphatic carbocycles. The molecule has 2 N–H and O–H groups in total. The summed E-state index contributed by atoms with van der Waals surface area (Å²) in [6.45, 7) is 0.742. The van der Waals surface area contributed by atoms with Crippen molar-refractivity contribution >= 4 is 17.7 Å². The molecular formula is C15H19F2NO2S. The van der Waals surface area contributed by atoms with Crippen molar-refractivity contribution in [3.05, 3.63) is 35.4 Å². The number of hydrogen-bond acceptors (Lipinski definition) is 3. The molecule has 0 bridgehead atoms. The van der Waals surface area contributed by atoms with Crippen LogP contribution in [0.2, 0.25) is 0 Å². The summed E-state index contributed by atoms with van der Waals surface area (Å²) in [5, 5.41) is 11.4. The monoisotopic (exact) mass is 315 g/mol. The van der Waals surface area contributed by atoms with Crippen LogP contribution in [0.3, 0.4) is 0 Å². The summed E-state index contributed by atoms with van der Waals surface area (Å²) in [7, 11) is 0. The maximum absolute atomic E-state index is 13.6. The van der Waals surface area contributed by atoms with Gasteiger partial charge in [-0.15, -0.1) is 0 Å². The number of amides is 1. The van der Waals surface area contributed by atoms with Crippen LogP contribution in [-0.2, 0) is 4.79 Å². The van der Waals surface area contributed by atoms with Crippen molar-refractivity contribution in [2.24, 2.45) is 5.92 Å². The van der Waals surface area contributed by atoms with E-state index in [2.05, 4.69) is 5.32 Å². The second-order valence-corrected chi connectivity index (χ2v) is 6.30. The Kier molecular flexibility index (Phi) is 5.99. The van der Waals surface area contributed by atoms with E-state index >= 15 is 0 Å². The number of hydrogen-bond donors (Lipinski definition) is 2. The van der Waals surface area contributed by atoms with E-state index in [1.807, 2.05) is 0 Å². The fourth-order valence-electron chi connectivity index (χ4n) is 2.28. The molecule has 1 saturated carbocycles. The van der Waals surface area contributed by atoms with Crippen LogP contribution in [0.5, 0.6) is 0 Å². The number of rotatable bonds is 8. The van der Waals surface area contributed by atoms with E-state index in [4.69, 9.17) is 5.11 Å². The van der Waals surface area contributed by atoms with Gasteiger partial charge in [-0.2, -0.15) is 11.8 Å². The predicted molar refractivity (Wildman–Crippen MR) is 79.2 cm³/mol. The van der Waals surface area contributed by atoms with Crippen LogP contribution in [0.1, 0.15) is 24.3 Å². The minimum absolute atomic E-state index is 0.0913. The van der Waals surface area contributed by atoms with Crippen LogP contribution < -0.4 is 5.32 Å². The number of carbonyl (C=O) groups excluding carboxylic acids is 1. The first-order chi connectivity index (χ1) is 10.1. The SMILES string of the molecule is O=C(NCCSCCCO)C1CC1c1cccc(F)c1F. The number of aliphatic hydroxyl groups excluding tert-OH is 1. The van der Waals surface area contributed by atoms with Crippen LogP contribution in [0.4, 0.5) is 8.78 Å². The Morgan fingerprint density at radius 3 is 2.95 bits per heavy atom. The number of benzene rings is 1. The molecule has 0 radical (unpaired) electrons. The molecule has 2 atom stereocenters. The molecule has 2 unspecified atom stereocenters. The van der Waals surface area contributed by atoms with Gasteiger partial charge in [-0.3, -0.25) is 4.79 Å². The zero-order valence-electron chi connectivity index (χ0n) is 11.6. The third-order valence-corrected chi connectivity index (χ3v) is 4.57. The Bertz CT molecular complexity index is 499. The van der Waals surface area contributed by atoms with Crippen molar-refractivity contribution in [3.63, 3.8) is 0 Å². The van der Waals surface area contributed by atoms with Gasteiger partial charge in [-0.05, 0) is 36.1 Å². The normalized spacial score (nSPS) is 20.3. The highest BCUT2D eigenvalue weighted by Gasteiger charge is 2.45. The molecule has 0 aliphatic heterocycles. The largest absolute Gasteiger partial charge is 0.396 e. The maximum Gasteiger partial charge on any atom is 0.223 e. The molecular weight excluding hydrogens is 296 g/mol. The molecule has 116 valence electrons. The Balaban J connectivity index is 1.73. The smallest absolute Gasteiger partial charge is 0.223 e. The molecule has 0 heterocycles. The average Bonchev–Trinajstić information content (AvgIpc) is 3.26. The van der Waals surface area contributed by atoms with Crippen LogP contribution in [0.25, 0.3) is 0 Å². The van der Waals surface area contributed by atoms with Crippen LogP contribution >= 0.6 is 11.8 Å². The lowest BCUT2D eigenvalue weighted by molar-refractivity contribution is -0.122. The molecule has 21 heavy (non-hydrogen) atoms. The zero-order valence-corrected chi connectivity index (χ0v) is 12.5. The Labute approximate surface area is 127 Å².